The first-order valence-electron chi connectivity index (χ1n) is 9.93. The number of benzene rings is 1. The molecule has 1 N–H and O–H groups in total. The molecule has 2 aliphatic rings. The number of piperidine rings is 1. The topological polar surface area (TPSA) is 41.6 Å². The number of nitrogens with zero attached hydrogens (tertiary/aromatic N) is 1. The molecule has 3 rings (SSSR count). The average Bonchev–Trinajstić information content (AvgIpc) is 2.84. The van der Waals surface area contributed by atoms with Crippen molar-refractivity contribution in [1.29, 1.82) is 0 Å². The van der Waals surface area contributed by atoms with Gasteiger partial charge in [0, 0.05) is 23.1 Å². The molecule has 144 valence electrons. The van der Waals surface area contributed by atoms with Gasteiger partial charge in [0.2, 0.25) is 0 Å². The Morgan fingerprint density at radius 2 is 1.85 bits per heavy atom. The molecule has 2 aliphatic heterocycles. The molecule has 0 aromatic heterocycles. The van der Waals surface area contributed by atoms with E-state index in [1.807, 2.05) is 26.0 Å². The fourth-order valence-electron chi connectivity index (χ4n) is 4.71. The van der Waals surface area contributed by atoms with E-state index >= 15 is 0 Å². The Bertz CT molecular complexity index is 593. The highest BCUT2D eigenvalue weighted by atomic mass is 35.5. The number of carbonyl (C=O) groups excluding carboxylic acids is 1. The Labute approximate surface area is 162 Å². The van der Waals surface area contributed by atoms with Crippen LogP contribution in [0.1, 0.15) is 57.6 Å². The first-order chi connectivity index (χ1) is 12.5. The Morgan fingerprint density at radius 1 is 1.23 bits per heavy atom. The maximum Gasteiger partial charge on any atom is 0.323 e. The lowest BCUT2D eigenvalue weighted by Gasteiger charge is -2.41. The molecule has 4 nitrogen and oxygen atoms in total. The fourth-order valence-corrected chi connectivity index (χ4v) is 4.84. The van der Waals surface area contributed by atoms with Crippen molar-refractivity contribution in [3.05, 3.63) is 34.9 Å². The van der Waals surface area contributed by atoms with Gasteiger partial charge in [-0.15, -0.1) is 0 Å². The summed E-state index contributed by atoms with van der Waals surface area (Å²) in [6.07, 6.45) is 5.65. The first-order valence-corrected chi connectivity index (χ1v) is 10.3. The molecule has 26 heavy (non-hydrogen) atoms. The lowest BCUT2D eigenvalue weighted by molar-refractivity contribution is -0.146. The van der Waals surface area contributed by atoms with Crippen LogP contribution in [0, 0.1) is 5.92 Å². The molecule has 2 fully saturated rings. The SMILES string of the molecule is CCOC(=O)C(CC)NC(c1ccc(Cl)cc1)C1CC2CCC(C1)N2C. The standard InChI is InChI=1S/C21H31ClN2O2/c1-4-19(21(25)26-5-2)23-20(14-6-8-16(22)9-7-14)15-12-17-10-11-18(13-15)24(17)3/h6-9,15,17-20,23H,4-5,10-13H2,1-3H3. The lowest BCUT2D eigenvalue weighted by atomic mass is 9.81. The highest BCUT2D eigenvalue weighted by molar-refractivity contribution is 6.30. The summed E-state index contributed by atoms with van der Waals surface area (Å²) in [5.74, 6) is 0.373. The lowest BCUT2D eigenvalue weighted by Crippen LogP contribution is -2.47. The van der Waals surface area contributed by atoms with Crippen molar-refractivity contribution < 1.29 is 9.53 Å². The number of esters is 1. The zero-order chi connectivity index (χ0) is 18.7. The minimum atomic E-state index is -0.270. The van der Waals surface area contributed by atoms with Crippen LogP contribution in [-0.2, 0) is 9.53 Å². The molecule has 2 saturated heterocycles. The Morgan fingerprint density at radius 3 is 2.38 bits per heavy atom. The number of nitrogens with one attached hydrogen (secondary N) is 1. The monoisotopic (exact) mass is 378 g/mol. The van der Waals surface area contributed by atoms with Crippen LogP contribution in [0.25, 0.3) is 0 Å². The fraction of sp³-hybridized carbons (Fsp3) is 0.667. The normalized spacial score (nSPS) is 27.9. The number of hydrogen-bond donors (Lipinski definition) is 1. The smallest absolute Gasteiger partial charge is 0.323 e. The second kappa shape index (κ2) is 8.73. The number of fused-ring (bicyclic) bond motifs is 2. The van der Waals surface area contributed by atoms with E-state index in [9.17, 15) is 4.79 Å². The molecule has 0 aliphatic carbocycles. The third kappa shape index (κ3) is 4.24. The van der Waals surface area contributed by atoms with E-state index < -0.39 is 0 Å². The van der Waals surface area contributed by atoms with Gasteiger partial charge in [-0.2, -0.15) is 0 Å². The van der Waals surface area contributed by atoms with Crippen LogP contribution in [0.2, 0.25) is 5.02 Å². The van der Waals surface area contributed by atoms with Crippen LogP contribution in [0.15, 0.2) is 24.3 Å². The van der Waals surface area contributed by atoms with Crippen molar-refractivity contribution in [1.82, 2.24) is 10.2 Å². The molecule has 0 amide bonds. The number of carbonyl (C=O) groups is 1. The molecule has 4 unspecified atom stereocenters. The summed E-state index contributed by atoms with van der Waals surface area (Å²) < 4.78 is 5.28. The summed E-state index contributed by atoms with van der Waals surface area (Å²) in [6.45, 7) is 4.31. The van der Waals surface area contributed by atoms with Crippen LogP contribution in [0.4, 0.5) is 0 Å². The van der Waals surface area contributed by atoms with Crippen LogP contribution >= 0.6 is 11.6 Å². The zero-order valence-corrected chi connectivity index (χ0v) is 16.8. The highest BCUT2D eigenvalue weighted by Crippen LogP contribution is 2.42. The largest absolute Gasteiger partial charge is 0.465 e. The van der Waals surface area contributed by atoms with Crippen molar-refractivity contribution in [2.75, 3.05) is 13.7 Å². The Kier molecular flexibility index (Phi) is 6.60. The molecule has 0 spiro atoms. The average molecular weight is 379 g/mol. The van der Waals surface area contributed by atoms with Gasteiger partial charge in [-0.05, 0) is 69.7 Å². The molecule has 2 heterocycles. The van der Waals surface area contributed by atoms with Crippen molar-refractivity contribution in [3.8, 4) is 0 Å². The summed E-state index contributed by atoms with van der Waals surface area (Å²) >= 11 is 6.10. The minimum absolute atomic E-state index is 0.148. The Balaban J connectivity index is 1.82. The van der Waals surface area contributed by atoms with E-state index in [-0.39, 0.29) is 18.1 Å². The second-order valence-electron chi connectivity index (χ2n) is 7.69. The van der Waals surface area contributed by atoms with Crippen LogP contribution in [0.3, 0.4) is 0 Å². The summed E-state index contributed by atoms with van der Waals surface area (Å²) in [7, 11) is 2.26. The van der Waals surface area contributed by atoms with E-state index in [4.69, 9.17) is 16.3 Å². The van der Waals surface area contributed by atoms with E-state index in [0.29, 0.717) is 24.6 Å². The summed E-state index contributed by atoms with van der Waals surface area (Å²) in [6, 6.07) is 9.29. The molecule has 0 saturated carbocycles. The van der Waals surface area contributed by atoms with Gasteiger partial charge in [-0.25, -0.2) is 0 Å². The molecule has 5 heteroatoms. The predicted octanol–water partition coefficient (Wildman–Crippen LogP) is 4.19. The van der Waals surface area contributed by atoms with Gasteiger partial charge in [0.05, 0.1) is 6.61 Å². The van der Waals surface area contributed by atoms with Gasteiger partial charge in [0.25, 0.3) is 0 Å². The van der Waals surface area contributed by atoms with E-state index in [2.05, 4.69) is 29.4 Å². The molecular formula is C21H31ClN2O2. The minimum Gasteiger partial charge on any atom is -0.465 e. The first kappa shape index (κ1) is 19.7. The van der Waals surface area contributed by atoms with Gasteiger partial charge < -0.3 is 9.64 Å². The van der Waals surface area contributed by atoms with Crippen LogP contribution in [-0.4, -0.2) is 42.6 Å². The third-order valence-electron chi connectivity index (χ3n) is 6.20. The van der Waals surface area contributed by atoms with Crippen LogP contribution < -0.4 is 5.32 Å². The maximum absolute atomic E-state index is 12.4. The molecule has 1 aromatic rings. The maximum atomic E-state index is 12.4. The van der Waals surface area contributed by atoms with Crippen molar-refractivity contribution >= 4 is 17.6 Å². The third-order valence-corrected chi connectivity index (χ3v) is 6.45. The molecular weight excluding hydrogens is 348 g/mol. The van der Waals surface area contributed by atoms with Crippen molar-refractivity contribution in [2.45, 2.75) is 70.1 Å². The van der Waals surface area contributed by atoms with E-state index in [1.165, 1.54) is 31.2 Å². The number of halogens is 1. The molecule has 2 bridgehead atoms. The Hall–Kier alpha value is -1.10. The highest BCUT2D eigenvalue weighted by Gasteiger charge is 2.42. The quantitative estimate of drug-likeness (QED) is 0.722. The number of hydrogen-bond acceptors (Lipinski definition) is 4. The van der Waals surface area contributed by atoms with Crippen molar-refractivity contribution in [3.63, 3.8) is 0 Å². The zero-order valence-electron chi connectivity index (χ0n) is 16.1. The van der Waals surface area contributed by atoms with E-state index in [1.54, 1.807) is 0 Å². The van der Waals surface area contributed by atoms with Gasteiger partial charge in [-0.3, -0.25) is 10.1 Å². The van der Waals surface area contributed by atoms with Crippen molar-refractivity contribution in [2.24, 2.45) is 5.92 Å². The summed E-state index contributed by atoms with van der Waals surface area (Å²) in [4.78, 5) is 14.9. The van der Waals surface area contributed by atoms with Gasteiger partial charge >= 0.3 is 5.97 Å². The molecule has 1 aromatic carbocycles. The van der Waals surface area contributed by atoms with Crippen LogP contribution in [0.5, 0.6) is 0 Å². The number of rotatable bonds is 7. The van der Waals surface area contributed by atoms with E-state index in [0.717, 1.165) is 11.4 Å². The predicted molar refractivity (Wildman–Crippen MR) is 105 cm³/mol. The summed E-state index contributed by atoms with van der Waals surface area (Å²) in [5.41, 5.74) is 1.21. The molecule has 4 atom stereocenters. The second-order valence-corrected chi connectivity index (χ2v) is 8.13. The number of ether oxygens (including phenoxy) is 1. The molecule has 0 radical (unpaired) electrons. The summed E-state index contributed by atoms with van der Waals surface area (Å²) in [5, 5.41) is 4.39. The van der Waals surface area contributed by atoms with Gasteiger partial charge in [-0.1, -0.05) is 30.7 Å². The van der Waals surface area contributed by atoms with Gasteiger partial charge in [0.1, 0.15) is 6.04 Å². The van der Waals surface area contributed by atoms with Gasteiger partial charge in [0.15, 0.2) is 0 Å².